The topological polar surface area (TPSA) is 111 Å². The second-order valence-corrected chi connectivity index (χ2v) is 5.18. The first-order valence-corrected chi connectivity index (χ1v) is 6.77. The van der Waals surface area contributed by atoms with E-state index in [0.29, 0.717) is 20.8 Å². The van der Waals surface area contributed by atoms with E-state index in [2.05, 4.69) is 10.6 Å². The van der Waals surface area contributed by atoms with E-state index in [1.165, 1.54) is 25.3 Å². The van der Waals surface area contributed by atoms with E-state index in [4.69, 9.17) is 10.5 Å². The lowest BCUT2D eigenvalue weighted by molar-refractivity contribution is -0.131. The minimum atomic E-state index is -0.645. The fraction of sp³-hybridized carbons (Fsp3) is 0.154. The van der Waals surface area contributed by atoms with Gasteiger partial charge in [0.25, 0.3) is 5.91 Å². The number of thiophene rings is 1. The third-order valence-corrected chi connectivity index (χ3v) is 3.69. The van der Waals surface area contributed by atoms with Crippen LogP contribution in [0.2, 0.25) is 0 Å². The standard InChI is InChI=1S/C13H13N3O4S/c1-6(17)20-7-3-4-8-9(5-7)21-12(10(8)11(14)18)16-13(19)15-2/h3-5H,1-2H3,(H2,14,18)(H2,15,16,19). The van der Waals surface area contributed by atoms with Gasteiger partial charge in [-0.2, -0.15) is 0 Å². The van der Waals surface area contributed by atoms with Gasteiger partial charge in [0.15, 0.2) is 0 Å². The normalized spacial score (nSPS) is 10.2. The van der Waals surface area contributed by atoms with Crippen LogP contribution in [0.4, 0.5) is 9.80 Å². The maximum atomic E-state index is 11.6. The summed E-state index contributed by atoms with van der Waals surface area (Å²) < 4.78 is 5.66. The van der Waals surface area contributed by atoms with Crippen LogP contribution in [0, 0.1) is 0 Å². The first-order chi connectivity index (χ1) is 9.92. The molecule has 0 saturated heterocycles. The molecule has 4 N–H and O–H groups in total. The zero-order chi connectivity index (χ0) is 15.6. The van der Waals surface area contributed by atoms with Crippen molar-refractivity contribution in [1.82, 2.24) is 5.32 Å². The number of ether oxygens (including phenoxy) is 1. The van der Waals surface area contributed by atoms with Gasteiger partial charge in [-0.3, -0.25) is 14.9 Å². The van der Waals surface area contributed by atoms with Crippen LogP contribution in [0.5, 0.6) is 5.75 Å². The number of anilines is 1. The van der Waals surface area contributed by atoms with Gasteiger partial charge >= 0.3 is 12.0 Å². The van der Waals surface area contributed by atoms with Gasteiger partial charge < -0.3 is 15.8 Å². The Morgan fingerprint density at radius 1 is 1.29 bits per heavy atom. The van der Waals surface area contributed by atoms with E-state index in [1.54, 1.807) is 18.2 Å². The van der Waals surface area contributed by atoms with E-state index in [1.807, 2.05) is 0 Å². The van der Waals surface area contributed by atoms with Crippen molar-refractivity contribution in [2.75, 3.05) is 12.4 Å². The van der Waals surface area contributed by atoms with Crippen LogP contribution in [0.15, 0.2) is 18.2 Å². The quantitative estimate of drug-likeness (QED) is 0.591. The number of nitrogens with two attached hydrogens (primary N) is 1. The molecule has 0 bridgehead atoms. The highest BCUT2D eigenvalue weighted by atomic mass is 32.1. The maximum absolute atomic E-state index is 11.6. The van der Waals surface area contributed by atoms with Crippen molar-refractivity contribution < 1.29 is 19.1 Å². The van der Waals surface area contributed by atoms with Crippen LogP contribution >= 0.6 is 11.3 Å². The van der Waals surface area contributed by atoms with Crippen molar-refractivity contribution in [2.24, 2.45) is 5.73 Å². The summed E-state index contributed by atoms with van der Waals surface area (Å²) in [5.41, 5.74) is 5.60. The largest absolute Gasteiger partial charge is 0.427 e. The number of esters is 1. The Labute approximate surface area is 124 Å². The summed E-state index contributed by atoms with van der Waals surface area (Å²) >= 11 is 1.17. The Bertz CT molecular complexity index is 738. The van der Waals surface area contributed by atoms with Gasteiger partial charge in [-0.25, -0.2) is 4.79 Å². The minimum Gasteiger partial charge on any atom is -0.427 e. The van der Waals surface area contributed by atoms with Gasteiger partial charge in [0.2, 0.25) is 0 Å². The van der Waals surface area contributed by atoms with Crippen LogP contribution in [-0.2, 0) is 4.79 Å². The van der Waals surface area contributed by atoms with Crippen molar-refractivity contribution in [3.8, 4) is 5.75 Å². The van der Waals surface area contributed by atoms with E-state index in [9.17, 15) is 14.4 Å². The fourth-order valence-corrected chi connectivity index (χ4v) is 2.94. The molecule has 2 aromatic rings. The number of fused-ring (bicyclic) bond motifs is 1. The highest BCUT2D eigenvalue weighted by molar-refractivity contribution is 7.23. The van der Waals surface area contributed by atoms with Crippen molar-refractivity contribution >= 4 is 44.3 Å². The molecule has 2 rings (SSSR count). The average molecular weight is 307 g/mol. The molecule has 3 amide bonds. The number of nitrogens with one attached hydrogen (secondary N) is 2. The second-order valence-electron chi connectivity index (χ2n) is 4.13. The summed E-state index contributed by atoms with van der Waals surface area (Å²) in [6, 6.07) is 4.35. The molecule has 110 valence electrons. The van der Waals surface area contributed by atoms with Crippen LogP contribution < -0.4 is 21.1 Å². The summed E-state index contributed by atoms with van der Waals surface area (Å²) in [6.45, 7) is 1.30. The van der Waals surface area contributed by atoms with E-state index in [-0.39, 0.29) is 5.56 Å². The molecule has 0 aliphatic carbocycles. The van der Waals surface area contributed by atoms with Gasteiger partial charge in [0.05, 0.1) is 5.56 Å². The molecule has 21 heavy (non-hydrogen) atoms. The molecule has 0 atom stereocenters. The number of hydrogen-bond donors (Lipinski definition) is 3. The van der Waals surface area contributed by atoms with Gasteiger partial charge in [0.1, 0.15) is 10.8 Å². The fourth-order valence-electron chi connectivity index (χ4n) is 1.80. The molecular weight excluding hydrogens is 294 g/mol. The number of rotatable bonds is 3. The summed E-state index contributed by atoms with van der Waals surface area (Å²) in [4.78, 5) is 34.0. The minimum absolute atomic E-state index is 0.230. The molecule has 8 heteroatoms. The Morgan fingerprint density at radius 3 is 2.57 bits per heavy atom. The van der Waals surface area contributed by atoms with Crippen LogP contribution in [-0.4, -0.2) is 25.0 Å². The Balaban J connectivity index is 2.53. The van der Waals surface area contributed by atoms with E-state index >= 15 is 0 Å². The van der Waals surface area contributed by atoms with Crippen LogP contribution in [0.1, 0.15) is 17.3 Å². The number of carbonyl (C=O) groups excluding carboxylic acids is 3. The molecule has 0 unspecified atom stereocenters. The molecule has 0 radical (unpaired) electrons. The number of primary amides is 1. The Hall–Kier alpha value is -2.61. The van der Waals surface area contributed by atoms with E-state index in [0.717, 1.165) is 0 Å². The average Bonchev–Trinajstić information content (AvgIpc) is 2.74. The summed E-state index contributed by atoms with van der Waals surface area (Å²) in [6.07, 6.45) is 0. The molecule has 0 fully saturated rings. The van der Waals surface area contributed by atoms with E-state index < -0.39 is 17.9 Å². The molecule has 0 saturated carbocycles. The summed E-state index contributed by atoms with van der Waals surface area (Å²) in [5, 5.41) is 5.88. The zero-order valence-corrected chi connectivity index (χ0v) is 12.2. The number of benzene rings is 1. The predicted octanol–water partition coefficient (Wildman–Crippen LogP) is 1.68. The molecule has 0 aliphatic rings. The Kier molecular flexibility index (Phi) is 4.08. The first-order valence-electron chi connectivity index (χ1n) is 5.96. The smallest absolute Gasteiger partial charge is 0.319 e. The van der Waals surface area contributed by atoms with Gasteiger partial charge in [-0.1, -0.05) is 0 Å². The molecular formula is C13H13N3O4S. The maximum Gasteiger partial charge on any atom is 0.319 e. The number of urea groups is 1. The van der Waals surface area contributed by atoms with Gasteiger partial charge in [-0.05, 0) is 18.2 Å². The van der Waals surface area contributed by atoms with Crippen molar-refractivity contribution in [1.29, 1.82) is 0 Å². The number of amides is 3. The first kappa shape index (κ1) is 14.8. The zero-order valence-electron chi connectivity index (χ0n) is 11.4. The molecule has 0 aliphatic heterocycles. The highest BCUT2D eigenvalue weighted by Gasteiger charge is 2.18. The molecule has 1 aromatic heterocycles. The third kappa shape index (κ3) is 3.11. The molecule has 0 spiro atoms. The third-order valence-electron chi connectivity index (χ3n) is 2.62. The van der Waals surface area contributed by atoms with Gasteiger partial charge in [-0.15, -0.1) is 11.3 Å². The van der Waals surface area contributed by atoms with Crippen LogP contribution in [0.25, 0.3) is 10.1 Å². The highest BCUT2D eigenvalue weighted by Crippen LogP contribution is 2.37. The summed E-state index contributed by atoms with van der Waals surface area (Å²) in [5.74, 6) is -0.726. The van der Waals surface area contributed by atoms with Crippen molar-refractivity contribution in [3.05, 3.63) is 23.8 Å². The second kappa shape index (κ2) is 5.80. The lowest BCUT2D eigenvalue weighted by Crippen LogP contribution is -2.25. The van der Waals surface area contributed by atoms with Crippen molar-refractivity contribution in [2.45, 2.75) is 6.92 Å². The number of hydrogen-bond acceptors (Lipinski definition) is 5. The molecule has 1 heterocycles. The monoisotopic (exact) mass is 307 g/mol. The molecule has 7 nitrogen and oxygen atoms in total. The van der Waals surface area contributed by atoms with Gasteiger partial charge in [0, 0.05) is 24.1 Å². The summed E-state index contributed by atoms with van der Waals surface area (Å²) in [7, 11) is 1.46. The predicted molar refractivity (Wildman–Crippen MR) is 79.7 cm³/mol. The lowest BCUT2D eigenvalue weighted by Gasteiger charge is -2.03. The molecule has 1 aromatic carbocycles. The lowest BCUT2D eigenvalue weighted by atomic mass is 10.1. The number of carbonyl (C=O) groups is 3. The SMILES string of the molecule is CNC(=O)Nc1sc2cc(OC(C)=O)ccc2c1C(N)=O. The van der Waals surface area contributed by atoms with Crippen LogP contribution in [0.3, 0.4) is 0 Å². The Morgan fingerprint density at radius 2 is 2.00 bits per heavy atom. The van der Waals surface area contributed by atoms with Crippen molar-refractivity contribution in [3.63, 3.8) is 0 Å².